The largest absolute Gasteiger partial charge is 0.493 e. The number of nitrogens with zero attached hydrogens (tertiary/aromatic N) is 4. The molecule has 0 radical (unpaired) electrons. The molecule has 0 saturated heterocycles. The topological polar surface area (TPSA) is 97.4 Å². The van der Waals surface area contributed by atoms with Crippen LogP contribution in [0.3, 0.4) is 0 Å². The van der Waals surface area contributed by atoms with E-state index in [1.165, 1.54) is 36.0 Å². The number of hydrogen-bond acceptors (Lipinski definition) is 8. The summed E-state index contributed by atoms with van der Waals surface area (Å²) in [6.45, 7) is 6.07. The average Bonchev–Trinajstić information content (AvgIpc) is 3.50. The van der Waals surface area contributed by atoms with E-state index in [2.05, 4.69) is 26.9 Å². The quantitative estimate of drug-likeness (QED) is 0.217. The van der Waals surface area contributed by atoms with Crippen LogP contribution in [0.4, 0.5) is 0 Å². The number of fused-ring (bicyclic) bond motifs is 6. The second kappa shape index (κ2) is 14.4. The van der Waals surface area contributed by atoms with E-state index in [0.29, 0.717) is 49.1 Å². The lowest BCUT2D eigenvalue weighted by Crippen LogP contribution is -2.25. The molecule has 6 bridgehead atoms. The first-order valence-electron chi connectivity index (χ1n) is 16.6. The van der Waals surface area contributed by atoms with Gasteiger partial charge in [-0.25, -0.2) is 4.79 Å². The van der Waals surface area contributed by atoms with Crippen LogP contribution in [-0.4, -0.2) is 71.0 Å². The Balaban J connectivity index is 1.49. The molecule has 0 amide bonds. The Labute approximate surface area is 292 Å². The average molecular weight is 689 g/mol. The van der Waals surface area contributed by atoms with E-state index in [9.17, 15) is 4.79 Å². The summed E-state index contributed by atoms with van der Waals surface area (Å²) in [7, 11) is 7.29. The molecule has 2 aromatic heterocycles. The molecule has 2 aromatic carbocycles. The Morgan fingerprint density at radius 3 is 2.67 bits per heavy atom. The first kappa shape index (κ1) is 34.1. The van der Waals surface area contributed by atoms with Gasteiger partial charge < -0.3 is 24.8 Å². The molecule has 0 saturated carbocycles. The molecule has 0 spiro atoms. The van der Waals surface area contributed by atoms with Gasteiger partial charge in [-0.15, -0.1) is 11.8 Å². The van der Waals surface area contributed by atoms with Crippen LogP contribution >= 0.6 is 23.4 Å². The number of rotatable bonds is 2. The van der Waals surface area contributed by atoms with E-state index in [0.717, 1.165) is 69.0 Å². The Bertz CT molecular complexity index is 1930. The molecule has 4 aromatic rings. The molecule has 6 rings (SSSR count). The number of aryl methyl sites for hydroxylation is 4. The van der Waals surface area contributed by atoms with E-state index in [1.807, 2.05) is 57.9 Å². The van der Waals surface area contributed by atoms with Crippen LogP contribution in [0.25, 0.3) is 22.0 Å². The smallest absolute Gasteiger partial charge is 0.354 e. The zero-order valence-corrected chi connectivity index (χ0v) is 30.3. The molecule has 11 heteroatoms. The minimum Gasteiger partial charge on any atom is -0.493 e. The minimum atomic E-state index is -0.379. The SMILES string of the molecule is CN/C1=C\C(=N)CN(C)Cc2nn(C)c(C)c2-c2c(Cl)ccc3c2c(C)c(C(=O)OC)n3CCCOc2cc(cc3c2CCCC3)SC1. The fraction of sp³-hybridized carbons (Fsp3) is 0.432. The summed E-state index contributed by atoms with van der Waals surface area (Å²) >= 11 is 8.82. The summed E-state index contributed by atoms with van der Waals surface area (Å²) in [5, 5.41) is 18.6. The Hall–Kier alpha value is -3.73. The number of methoxy groups -OCH3 is 1. The Morgan fingerprint density at radius 2 is 1.90 bits per heavy atom. The second-order valence-corrected chi connectivity index (χ2v) is 14.3. The van der Waals surface area contributed by atoms with Gasteiger partial charge in [0.25, 0.3) is 0 Å². The lowest BCUT2D eigenvalue weighted by Gasteiger charge is -2.21. The van der Waals surface area contributed by atoms with Crippen LogP contribution < -0.4 is 10.1 Å². The third-order valence-electron chi connectivity index (χ3n) is 9.56. The molecular formula is C37H45ClN6O3S. The van der Waals surface area contributed by atoms with E-state index < -0.39 is 0 Å². The lowest BCUT2D eigenvalue weighted by atomic mass is 9.91. The molecule has 9 nitrogen and oxygen atoms in total. The summed E-state index contributed by atoms with van der Waals surface area (Å²) in [5.41, 5.74) is 10.1. The molecular weight excluding hydrogens is 644 g/mol. The van der Waals surface area contributed by atoms with Crippen molar-refractivity contribution >= 4 is 45.9 Å². The third-order valence-corrected chi connectivity index (χ3v) is 10.9. The highest BCUT2D eigenvalue weighted by Gasteiger charge is 2.28. The van der Waals surface area contributed by atoms with Crippen molar-refractivity contribution in [1.82, 2.24) is 24.6 Å². The van der Waals surface area contributed by atoms with Crippen molar-refractivity contribution in [1.29, 1.82) is 5.41 Å². The van der Waals surface area contributed by atoms with Crippen molar-refractivity contribution in [3.63, 3.8) is 0 Å². The number of carbonyl (C=O) groups is 1. The number of benzene rings is 2. The van der Waals surface area contributed by atoms with Crippen LogP contribution in [0.2, 0.25) is 5.02 Å². The van der Waals surface area contributed by atoms with E-state index in [1.54, 1.807) is 11.8 Å². The molecule has 48 heavy (non-hydrogen) atoms. The Kier molecular flexibility index (Phi) is 10.2. The Morgan fingerprint density at radius 1 is 1.10 bits per heavy atom. The number of aromatic nitrogens is 3. The maximum atomic E-state index is 13.3. The third kappa shape index (κ3) is 6.62. The number of thioether (sulfide) groups is 1. The van der Waals surface area contributed by atoms with E-state index >= 15 is 0 Å². The molecule has 1 aliphatic carbocycles. The van der Waals surface area contributed by atoms with Crippen molar-refractivity contribution in [2.24, 2.45) is 7.05 Å². The number of carbonyl (C=O) groups excluding carboxylic acids is 1. The van der Waals surface area contributed by atoms with Crippen LogP contribution in [0.1, 0.15) is 57.8 Å². The summed E-state index contributed by atoms with van der Waals surface area (Å²) in [4.78, 5) is 16.6. The highest BCUT2D eigenvalue weighted by atomic mass is 35.5. The summed E-state index contributed by atoms with van der Waals surface area (Å²) in [5.74, 6) is 1.30. The molecule has 2 aliphatic rings. The maximum absolute atomic E-state index is 13.3. The predicted octanol–water partition coefficient (Wildman–Crippen LogP) is 7.11. The van der Waals surface area contributed by atoms with Crippen LogP contribution in [-0.2, 0) is 37.7 Å². The lowest BCUT2D eigenvalue weighted by molar-refractivity contribution is 0.0587. The molecule has 2 N–H and O–H groups in total. The summed E-state index contributed by atoms with van der Waals surface area (Å²) in [6.07, 6.45) is 7.08. The van der Waals surface area contributed by atoms with Gasteiger partial charge >= 0.3 is 5.97 Å². The van der Waals surface area contributed by atoms with Gasteiger partial charge in [-0.3, -0.25) is 9.58 Å². The van der Waals surface area contributed by atoms with Crippen LogP contribution in [0.15, 0.2) is 40.9 Å². The number of halogens is 1. The number of esters is 1. The first-order chi connectivity index (χ1) is 23.1. The summed E-state index contributed by atoms with van der Waals surface area (Å²) in [6, 6.07) is 8.41. The van der Waals surface area contributed by atoms with E-state index in [4.69, 9.17) is 31.6 Å². The minimum absolute atomic E-state index is 0.379. The zero-order valence-electron chi connectivity index (χ0n) is 28.8. The normalized spacial score (nSPS) is 17.6. The van der Waals surface area contributed by atoms with Crippen molar-refractivity contribution in [3.8, 4) is 16.9 Å². The summed E-state index contributed by atoms with van der Waals surface area (Å²) < 4.78 is 15.8. The fourth-order valence-corrected chi connectivity index (χ4v) is 8.40. The highest BCUT2D eigenvalue weighted by Crippen LogP contribution is 2.43. The van der Waals surface area contributed by atoms with Gasteiger partial charge in [0, 0.05) is 88.5 Å². The van der Waals surface area contributed by atoms with Gasteiger partial charge in [0.2, 0.25) is 0 Å². The molecule has 0 fully saturated rings. The van der Waals surface area contributed by atoms with Crippen LogP contribution in [0, 0.1) is 19.3 Å². The van der Waals surface area contributed by atoms with Gasteiger partial charge in [-0.1, -0.05) is 11.6 Å². The predicted molar refractivity (Wildman–Crippen MR) is 195 cm³/mol. The molecule has 3 heterocycles. The van der Waals surface area contributed by atoms with Crippen LogP contribution in [0.5, 0.6) is 5.75 Å². The number of hydrogen-bond donors (Lipinski definition) is 2. The van der Waals surface area contributed by atoms with E-state index in [-0.39, 0.29) is 5.97 Å². The van der Waals surface area contributed by atoms with Crippen molar-refractivity contribution in [3.05, 3.63) is 74.8 Å². The van der Waals surface area contributed by atoms with Gasteiger partial charge in [0.05, 0.1) is 19.4 Å². The van der Waals surface area contributed by atoms with Gasteiger partial charge in [-0.2, -0.15) is 5.10 Å². The first-order valence-corrected chi connectivity index (χ1v) is 18.0. The molecule has 0 atom stereocenters. The maximum Gasteiger partial charge on any atom is 0.354 e. The number of nitrogens with one attached hydrogen (secondary N) is 2. The van der Waals surface area contributed by atoms with Gasteiger partial charge in [0.1, 0.15) is 11.4 Å². The highest BCUT2D eigenvalue weighted by molar-refractivity contribution is 7.99. The molecule has 1 aliphatic heterocycles. The monoisotopic (exact) mass is 688 g/mol. The fourth-order valence-electron chi connectivity index (χ4n) is 7.18. The standard InChI is InChI=1S/C37H45ClN6O3S/c1-22-33-31-13-12-29(38)35(33)34-23(2)43(5)41-30(34)20-42(4)19-25(39)17-26(40-3)21-48-27-16-24-10-7-8-11-28(24)32(18-27)47-15-9-14-44(31)36(22)37(45)46-6/h12-13,16-18,39-40H,7-11,14-15,19-21H2,1-6H3/b26-17-,39-25?. The van der Waals surface area contributed by atoms with Crippen molar-refractivity contribution < 1.29 is 14.3 Å². The van der Waals surface area contributed by atoms with Crippen molar-refractivity contribution in [2.45, 2.75) is 63.9 Å². The van der Waals surface area contributed by atoms with Gasteiger partial charge in [0.15, 0.2) is 0 Å². The number of ether oxygens (including phenoxy) is 2. The molecule has 254 valence electrons. The zero-order chi connectivity index (χ0) is 34.1. The second-order valence-electron chi connectivity index (χ2n) is 12.8. The molecule has 0 unspecified atom stereocenters. The van der Waals surface area contributed by atoms with Gasteiger partial charge in [-0.05, 0) is 100 Å². The van der Waals surface area contributed by atoms with Crippen molar-refractivity contribution in [2.75, 3.05) is 40.1 Å².